The summed E-state index contributed by atoms with van der Waals surface area (Å²) < 4.78 is 12.8. The van der Waals surface area contributed by atoms with E-state index < -0.39 is 0 Å². The van der Waals surface area contributed by atoms with Crippen LogP contribution in [0.25, 0.3) is 0 Å². The van der Waals surface area contributed by atoms with E-state index in [1.54, 1.807) is 19.1 Å². The van der Waals surface area contributed by atoms with Crippen LogP contribution < -0.4 is 4.74 Å². The maximum absolute atomic E-state index is 13.8. The Hall–Kier alpha value is -3.58. The zero-order valence-electron chi connectivity index (χ0n) is 24.4. The molecule has 0 bridgehead atoms. The fraction of sp³-hybridized carbons (Fsp3) is 0.455. The molecule has 0 atom stereocenters. The topological polar surface area (TPSA) is 64.0 Å². The summed E-state index contributed by atoms with van der Waals surface area (Å²) in [5.74, 6) is 0.759. The molecule has 3 rings (SSSR count). The number of unbranched alkanes of at least 4 members (excludes halogenated alkanes) is 4. The van der Waals surface area contributed by atoms with Gasteiger partial charge in [0.1, 0.15) is 5.75 Å². The predicted octanol–water partition coefficient (Wildman–Crippen LogP) is 5.91. The summed E-state index contributed by atoms with van der Waals surface area (Å²) in [7, 11) is 3.29. The van der Waals surface area contributed by atoms with Crippen molar-refractivity contribution in [3.8, 4) is 5.75 Å². The van der Waals surface area contributed by atoms with Gasteiger partial charge >= 0.3 is 0 Å². The maximum Gasteiger partial charge on any atom is 0.242 e. The van der Waals surface area contributed by atoms with Gasteiger partial charge in [-0.3, -0.25) is 9.59 Å². The van der Waals surface area contributed by atoms with Crippen molar-refractivity contribution in [2.45, 2.75) is 65.1 Å². The highest BCUT2D eigenvalue weighted by molar-refractivity contribution is 5.84. The molecule has 7 heteroatoms. The van der Waals surface area contributed by atoms with E-state index >= 15 is 0 Å². The third-order valence-electron chi connectivity index (χ3n) is 7.07. The molecule has 1 aromatic heterocycles. The summed E-state index contributed by atoms with van der Waals surface area (Å²) >= 11 is 0. The summed E-state index contributed by atoms with van der Waals surface area (Å²) in [5, 5.41) is 0. The van der Waals surface area contributed by atoms with Crippen LogP contribution >= 0.6 is 0 Å². The van der Waals surface area contributed by atoms with E-state index in [2.05, 4.69) is 23.6 Å². The number of nitrogens with zero attached hydrogens (tertiary/aromatic N) is 3. The molecule has 1 heterocycles. The summed E-state index contributed by atoms with van der Waals surface area (Å²) in [6.45, 7) is 4.60. The fourth-order valence-electron chi connectivity index (χ4n) is 4.74. The molecule has 40 heavy (non-hydrogen) atoms. The molecule has 216 valence electrons. The van der Waals surface area contributed by atoms with Crippen LogP contribution in [0.3, 0.4) is 0 Å². The quantitative estimate of drug-likeness (QED) is 0.186. The standard InChI is InChI=1S/C33H45N3O4/c1-4-5-6-7-11-19-32(37)35(21-22-39-2)27-33(38)36(24-28-14-9-8-10-15-28)26-30-17-13-20-34(30)25-29-16-12-18-31(23-29)40-3/h8-10,12-18,20,23H,4-7,11,19,21-22,24-27H2,1-3H3. The van der Waals surface area contributed by atoms with Gasteiger partial charge < -0.3 is 23.8 Å². The lowest BCUT2D eigenvalue weighted by Crippen LogP contribution is -2.43. The molecule has 0 aliphatic heterocycles. The van der Waals surface area contributed by atoms with E-state index in [-0.39, 0.29) is 18.4 Å². The third kappa shape index (κ3) is 10.2. The van der Waals surface area contributed by atoms with E-state index in [0.29, 0.717) is 39.2 Å². The average molecular weight is 548 g/mol. The Morgan fingerprint density at radius 1 is 0.800 bits per heavy atom. The van der Waals surface area contributed by atoms with E-state index in [1.807, 2.05) is 65.7 Å². The van der Waals surface area contributed by atoms with Crippen LogP contribution in [-0.4, -0.2) is 60.1 Å². The first-order valence-corrected chi connectivity index (χ1v) is 14.4. The minimum absolute atomic E-state index is 0.0166. The van der Waals surface area contributed by atoms with Crippen molar-refractivity contribution < 1.29 is 19.1 Å². The zero-order chi connectivity index (χ0) is 28.6. The molecule has 0 unspecified atom stereocenters. The summed E-state index contributed by atoms with van der Waals surface area (Å²) in [6, 6.07) is 22.1. The van der Waals surface area contributed by atoms with Crippen LogP contribution in [0.5, 0.6) is 5.75 Å². The van der Waals surface area contributed by atoms with E-state index in [9.17, 15) is 9.59 Å². The molecule has 0 aliphatic carbocycles. The van der Waals surface area contributed by atoms with Gasteiger partial charge in [0.2, 0.25) is 11.8 Å². The van der Waals surface area contributed by atoms with Gasteiger partial charge in [-0.15, -0.1) is 0 Å². The third-order valence-corrected chi connectivity index (χ3v) is 7.07. The van der Waals surface area contributed by atoms with E-state index in [0.717, 1.165) is 41.8 Å². The minimum atomic E-state index is -0.0755. The van der Waals surface area contributed by atoms with Gasteiger partial charge in [0.25, 0.3) is 0 Å². The van der Waals surface area contributed by atoms with Crippen LogP contribution in [-0.2, 0) is 34.0 Å². The second kappa shape index (κ2) is 17.2. The van der Waals surface area contributed by atoms with Gasteiger partial charge in [-0.05, 0) is 41.8 Å². The molecular formula is C33H45N3O4. The van der Waals surface area contributed by atoms with Gasteiger partial charge in [0.05, 0.1) is 26.8 Å². The number of hydrogen-bond acceptors (Lipinski definition) is 4. The summed E-state index contributed by atoms with van der Waals surface area (Å²) in [5.41, 5.74) is 3.19. The Labute approximate surface area is 239 Å². The normalized spacial score (nSPS) is 10.9. The van der Waals surface area contributed by atoms with Crippen LogP contribution in [0, 0.1) is 0 Å². The Morgan fingerprint density at radius 3 is 2.33 bits per heavy atom. The lowest BCUT2D eigenvalue weighted by atomic mass is 10.1. The number of carbonyl (C=O) groups excluding carboxylic acids is 2. The minimum Gasteiger partial charge on any atom is -0.497 e. The summed E-state index contributed by atoms with van der Waals surface area (Å²) in [6.07, 6.45) is 7.88. The molecule has 0 radical (unpaired) electrons. The fourth-order valence-corrected chi connectivity index (χ4v) is 4.74. The monoisotopic (exact) mass is 547 g/mol. The van der Waals surface area contributed by atoms with E-state index in [4.69, 9.17) is 9.47 Å². The van der Waals surface area contributed by atoms with Crippen molar-refractivity contribution in [3.05, 3.63) is 89.7 Å². The SMILES string of the molecule is CCCCCCCC(=O)N(CCOC)CC(=O)N(Cc1ccccc1)Cc1cccn1Cc1cccc(OC)c1. The van der Waals surface area contributed by atoms with E-state index in [1.165, 1.54) is 12.8 Å². The molecule has 0 saturated heterocycles. The van der Waals surface area contributed by atoms with Gasteiger partial charge in [-0.2, -0.15) is 0 Å². The second-order valence-electron chi connectivity index (χ2n) is 10.2. The lowest BCUT2D eigenvalue weighted by Gasteiger charge is -2.28. The molecular weight excluding hydrogens is 502 g/mol. The first kappa shape index (κ1) is 31.0. The van der Waals surface area contributed by atoms with Crippen molar-refractivity contribution in [1.29, 1.82) is 0 Å². The number of methoxy groups -OCH3 is 2. The average Bonchev–Trinajstić information content (AvgIpc) is 3.41. The molecule has 0 aliphatic rings. The summed E-state index contributed by atoms with van der Waals surface area (Å²) in [4.78, 5) is 30.4. The predicted molar refractivity (Wildman–Crippen MR) is 159 cm³/mol. The highest BCUT2D eigenvalue weighted by atomic mass is 16.5. The van der Waals surface area contributed by atoms with Crippen LogP contribution in [0.4, 0.5) is 0 Å². The first-order valence-electron chi connectivity index (χ1n) is 14.4. The lowest BCUT2D eigenvalue weighted by molar-refractivity contribution is -0.141. The number of hydrogen-bond donors (Lipinski definition) is 0. The van der Waals surface area contributed by atoms with Crippen molar-refractivity contribution in [3.63, 3.8) is 0 Å². The largest absolute Gasteiger partial charge is 0.497 e. The Balaban J connectivity index is 1.74. The number of rotatable bonds is 18. The Bertz CT molecular complexity index is 1160. The number of amides is 2. The van der Waals surface area contributed by atoms with Gasteiger partial charge in [-0.1, -0.05) is 75.1 Å². The van der Waals surface area contributed by atoms with Crippen molar-refractivity contribution in [2.24, 2.45) is 0 Å². The number of aromatic nitrogens is 1. The highest BCUT2D eigenvalue weighted by Crippen LogP contribution is 2.17. The molecule has 2 amide bonds. The molecule has 0 saturated carbocycles. The molecule has 0 N–H and O–H groups in total. The van der Waals surface area contributed by atoms with Crippen molar-refractivity contribution in [2.75, 3.05) is 33.9 Å². The molecule has 0 fully saturated rings. The molecule has 7 nitrogen and oxygen atoms in total. The zero-order valence-corrected chi connectivity index (χ0v) is 24.4. The smallest absolute Gasteiger partial charge is 0.242 e. The molecule has 2 aromatic carbocycles. The number of benzene rings is 2. The second-order valence-corrected chi connectivity index (χ2v) is 10.2. The van der Waals surface area contributed by atoms with Gasteiger partial charge in [-0.25, -0.2) is 0 Å². The van der Waals surface area contributed by atoms with Gasteiger partial charge in [0, 0.05) is 45.1 Å². The first-order chi connectivity index (χ1) is 19.5. The molecule has 0 spiro atoms. The van der Waals surface area contributed by atoms with Gasteiger partial charge in [0.15, 0.2) is 0 Å². The number of ether oxygens (including phenoxy) is 2. The van der Waals surface area contributed by atoms with Crippen molar-refractivity contribution in [1.82, 2.24) is 14.4 Å². The maximum atomic E-state index is 13.8. The number of carbonyl (C=O) groups is 2. The van der Waals surface area contributed by atoms with Crippen molar-refractivity contribution >= 4 is 11.8 Å². The highest BCUT2D eigenvalue weighted by Gasteiger charge is 2.22. The van der Waals surface area contributed by atoms with Crippen LogP contribution in [0.1, 0.15) is 62.3 Å². The van der Waals surface area contributed by atoms with Crippen LogP contribution in [0.2, 0.25) is 0 Å². The Morgan fingerprint density at radius 2 is 1.57 bits per heavy atom. The van der Waals surface area contributed by atoms with Crippen LogP contribution in [0.15, 0.2) is 72.9 Å². The Kier molecular flexibility index (Phi) is 13.3. The molecule has 3 aromatic rings.